The van der Waals surface area contributed by atoms with Gasteiger partial charge in [0.1, 0.15) is 17.8 Å². The molecule has 2 aliphatic heterocycles. The Balaban J connectivity index is 0.000000308. The molecule has 0 aliphatic carbocycles. The Morgan fingerprint density at radius 2 is 1.39 bits per heavy atom. The molecule has 1 aromatic rings. The van der Waals surface area contributed by atoms with Crippen LogP contribution in [0.2, 0.25) is 0 Å². The highest BCUT2D eigenvalue weighted by molar-refractivity contribution is 5.70. The lowest BCUT2D eigenvalue weighted by atomic mass is 10.1. The van der Waals surface area contributed by atoms with Crippen molar-refractivity contribution >= 4 is 18.3 Å². The Labute approximate surface area is 227 Å². The maximum Gasteiger partial charge on any atom is 0.410 e. The van der Waals surface area contributed by atoms with Crippen LogP contribution in [0.25, 0.3) is 0 Å². The summed E-state index contributed by atoms with van der Waals surface area (Å²) in [6.45, 7) is 13.8. The Morgan fingerprint density at radius 1 is 0.868 bits per heavy atom. The SMILES string of the molecule is CC(C)(C)OC(=O)N1CCC[C@@H](N)C1.CC(C)(C)OC(=O)N1CCC[C@@H](NC(=O)OCc2ccccc2)C1. The standard InChI is InChI=1S/C18H26N2O4.C10H20N2O2/c1-18(2,3)24-17(22)20-11-7-10-15(12-20)19-16(21)23-13-14-8-5-4-6-9-14;1-10(2,3)14-9(13)12-6-4-5-8(11)7-12/h4-6,8-9,15H,7,10-13H2,1-3H3,(H,19,21);8H,4-7,11H2,1-3H3/t15-;8-/m11/s1. The van der Waals surface area contributed by atoms with E-state index in [2.05, 4.69) is 5.32 Å². The van der Waals surface area contributed by atoms with Crippen molar-refractivity contribution in [2.75, 3.05) is 26.2 Å². The molecule has 0 unspecified atom stereocenters. The van der Waals surface area contributed by atoms with Crippen LogP contribution in [-0.2, 0) is 20.8 Å². The van der Waals surface area contributed by atoms with E-state index in [1.807, 2.05) is 71.9 Å². The first-order valence-corrected chi connectivity index (χ1v) is 13.4. The molecule has 2 heterocycles. The van der Waals surface area contributed by atoms with Gasteiger partial charge in [-0.3, -0.25) is 0 Å². The van der Waals surface area contributed by atoms with E-state index in [4.69, 9.17) is 19.9 Å². The first-order valence-electron chi connectivity index (χ1n) is 13.4. The summed E-state index contributed by atoms with van der Waals surface area (Å²) in [6, 6.07) is 9.51. The van der Waals surface area contributed by atoms with Gasteiger partial charge in [-0.05, 0) is 72.8 Å². The number of benzene rings is 1. The number of rotatable bonds is 3. The second-order valence-electron chi connectivity index (χ2n) is 11.8. The molecular weight excluding hydrogens is 488 g/mol. The van der Waals surface area contributed by atoms with Gasteiger partial charge in [0.2, 0.25) is 0 Å². The molecule has 3 rings (SSSR count). The van der Waals surface area contributed by atoms with Crippen molar-refractivity contribution in [3.63, 3.8) is 0 Å². The Morgan fingerprint density at radius 3 is 1.92 bits per heavy atom. The summed E-state index contributed by atoms with van der Waals surface area (Å²) in [4.78, 5) is 39.0. The predicted octanol–water partition coefficient (Wildman–Crippen LogP) is 4.66. The highest BCUT2D eigenvalue weighted by atomic mass is 16.6. The molecule has 2 aliphatic rings. The molecule has 10 heteroatoms. The summed E-state index contributed by atoms with van der Waals surface area (Å²) in [5.74, 6) is 0. The number of alkyl carbamates (subject to hydrolysis) is 1. The van der Waals surface area contributed by atoms with Crippen LogP contribution in [0.1, 0.15) is 72.8 Å². The van der Waals surface area contributed by atoms with Crippen molar-refractivity contribution in [3.8, 4) is 0 Å². The summed E-state index contributed by atoms with van der Waals surface area (Å²) in [7, 11) is 0. The molecular formula is C28H46N4O6. The van der Waals surface area contributed by atoms with E-state index in [0.717, 1.165) is 37.8 Å². The van der Waals surface area contributed by atoms with E-state index in [9.17, 15) is 14.4 Å². The molecule has 0 aromatic heterocycles. The van der Waals surface area contributed by atoms with Crippen molar-refractivity contribution < 1.29 is 28.6 Å². The van der Waals surface area contributed by atoms with Crippen molar-refractivity contribution in [1.82, 2.24) is 15.1 Å². The minimum absolute atomic E-state index is 0.108. The van der Waals surface area contributed by atoms with Crippen LogP contribution in [0.5, 0.6) is 0 Å². The number of ether oxygens (including phenoxy) is 3. The monoisotopic (exact) mass is 534 g/mol. The summed E-state index contributed by atoms with van der Waals surface area (Å²) in [5.41, 5.74) is 5.77. The molecule has 3 N–H and O–H groups in total. The van der Waals surface area contributed by atoms with E-state index in [1.165, 1.54) is 0 Å². The second kappa shape index (κ2) is 14.2. The third-order valence-corrected chi connectivity index (χ3v) is 5.72. The highest BCUT2D eigenvalue weighted by Crippen LogP contribution is 2.16. The number of hydrogen-bond acceptors (Lipinski definition) is 7. The molecule has 3 amide bonds. The van der Waals surface area contributed by atoms with Crippen LogP contribution in [-0.4, -0.2) is 77.5 Å². The fraction of sp³-hybridized carbons (Fsp3) is 0.679. The van der Waals surface area contributed by atoms with Crippen LogP contribution in [0.4, 0.5) is 14.4 Å². The average molecular weight is 535 g/mol. The molecule has 0 saturated carbocycles. The lowest BCUT2D eigenvalue weighted by molar-refractivity contribution is 0.0180. The average Bonchev–Trinajstić information content (AvgIpc) is 2.82. The van der Waals surface area contributed by atoms with Crippen molar-refractivity contribution in [2.24, 2.45) is 5.73 Å². The number of likely N-dealkylation sites (tertiary alicyclic amines) is 2. The molecule has 2 atom stereocenters. The van der Waals surface area contributed by atoms with E-state index in [-0.39, 0.29) is 30.9 Å². The van der Waals surface area contributed by atoms with Gasteiger partial charge in [-0.25, -0.2) is 14.4 Å². The molecule has 2 saturated heterocycles. The first kappa shape index (κ1) is 31.2. The lowest BCUT2D eigenvalue weighted by Gasteiger charge is -2.34. The molecule has 0 spiro atoms. The summed E-state index contributed by atoms with van der Waals surface area (Å²) in [5, 5.41) is 2.83. The van der Waals surface area contributed by atoms with Crippen LogP contribution in [0.15, 0.2) is 30.3 Å². The van der Waals surface area contributed by atoms with Gasteiger partial charge in [0.25, 0.3) is 0 Å². The van der Waals surface area contributed by atoms with E-state index in [1.54, 1.807) is 9.80 Å². The van der Waals surface area contributed by atoms with Gasteiger partial charge in [-0.15, -0.1) is 0 Å². The number of nitrogens with zero attached hydrogens (tertiary/aromatic N) is 2. The summed E-state index contributed by atoms with van der Waals surface area (Å²) in [6.07, 6.45) is 2.57. The normalized spacial score (nSPS) is 20.0. The van der Waals surface area contributed by atoms with Gasteiger partial charge in [-0.1, -0.05) is 30.3 Å². The van der Waals surface area contributed by atoms with Gasteiger partial charge in [0.05, 0.1) is 0 Å². The van der Waals surface area contributed by atoms with Crippen LogP contribution in [0.3, 0.4) is 0 Å². The maximum absolute atomic E-state index is 12.1. The minimum atomic E-state index is -0.522. The largest absolute Gasteiger partial charge is 0.445 e. The topological polar surface area (TPSA) is 123 Å². The zero-order valence-corrected chi connectivity index (χ0v) is 23.8. The van der Waals surface area contributed by atoms with E-state index < -0.39 is 17.3 Å². The maximum atomic E-state index is 12.1. The number of piperidine rings is 2. The number of amides is 3. The summed E-state index contributed by atoms with van der Waals surface area (Å²) >= 11 is 0. The highest BCUT2D eigenvalue weighted by Gasteiger charge is 2.29. The Hall–Kier alpha value is -3.01. The fourth-order valence-electron chi connectivity index (χ4n) is 4.02. The number of hydrogen-bond donors (Lipinski definition) is 2. The van der Waals surface area contributed by atoms with E-state index in [0.29, 0.717) is 19.6 Å². The number of carbonyl (C=O) groups excluding carboxylic acids is 3. The van der Waals surface area contributed by atoms with Gasteiger partial charge in [0, 0.05) is 38.3 Å². The second-order valence-corrected chi connectivity index (χ2v) is 11.8. The summed E-state index contributed by atoms with van der Waals surface area (Å²) < 4.78 is 15.9. The van der Waals surface area contributed by atoms with Crippen molar-refractivity contribution in [1.29, 1.82) is 0 Å². The van der Waals surface area contributed by atoms with Crippen molar-refractivity contribution in [2.45, 2.75) is 97.1 Å². The van der Waals surface area contributed by atoms with Gasteiger partial charge < -0.3 is 35.1 Å². The van der Waals surface area contributed by atoms with Crippen LogP contribution >= 0.6 is 0 Å². The zero-order valence-electron chi connectivity index (χ0n) is 23.8. The Kier molecular flexibility index (Phi) is 11.7. The quantitative estimate of drug-likeness (QED) is 0.541. The molecule has 214 valence electrons. The molecule has 38 heavy (non-hydrogen) atoms. The number of nitrogens with one attached hydrogen (secondary N) is 1. The molecule has 10 nitrogen and oxygen atoms in total. The molecule has 1 aromatic carbocycles. The van der Waals surface area contributed by atoms with Crippen LogP contribution in [0, 0.1) is 0 Å². The van der Waals surface area contributed by atoms with Gasteiger partial charge in [-0.2, -0.15) is 0 Å². The zero-order chi connectivity index (χ0) is 28.3. The fourth-order valence-corrected chi connectivity index (χ4v) is 4.02. The molecule has 0 bridgehead atoms. The smallest absolute Gasteiger partial charge is 0.410 e. The van der Waals surface area contributed by atoms with Gasteiger partial charge >= 0.3 is 18.3 Å². The lowest BCUT2D eigenvalue weighted by Crippen LogP contribution is -2.50. The van der Waals surface area contributed by atoms with Crippen molar-refractivity contribution in [3.05, 3.63) is 35.9 Å². The minimum Gasteiger partial charge on any atom is -0.445 e. The van der Waals surface area contributed by atoms with Crippen LogP contribution < -0.4 is 11.1 Å². The first-order chi connectivity index (χ1) is 17.7. The van der Waals surface area contributed by atoms with Gasteiger partial charge in [0.15, 0.2) is 0 Å². The molecule has 0 radical (unpaired) electrons. The third kappa shape index (κ3) is 12.5. The number of carbonyl (C=O) groups is 3. The number of nitrogens with two attached hydrogens (primary N) is 1. The molecule has 2 fully saturated rings. The predicted molar refractivity (Wildman–Crippen MR) is 146 cm³/mol. The Bertz CT molecular complexity index is 897. The van der Waals surface area contributed by atoms with E-state index >= 15 is 0 Å². The third-order valence-electron chi connectivity index (χ3n) is 5.72.